The first-order valence-corrected chi connectivity index (χ1v) is 6.69. The standard InChI is InChI=1S/C12H8BrCl2N3O/c13-6-3-8(14)11(9(15)4-6)18-12(19)10-5-7(16)1-2-17-10/h1-5H,(H2,16,17)(H,18,19). The van der Waals surface area contributed by atoms with E-state index in [-0.39, 0.29) is 5.69 Å². The van der Waals surface area contributed by atoms with Gasteiger partial charge >= 0.3 is 0 Å². The number of hydrogen-bond acceptors (Lipinski definition) is 3. The average molecular weight is 361 g/mol. The number of aromatic nitrogens is 1. The zero-order valence-corrected chi connectivity index (χ0v) is 12.6. The lowest BCUT2D eigenvalue weighted by atomic mass is 10.2. The van der Waals surface area contributed by atoms with Crippen LogP contribution >= 0.6 is 39.1 Å². The minimum Gasteiger partial charge on any atom is -0.399 e. The largest absolute Gasteiger partial charge is 0.399 e. The van der Waals surface area contributed by atoms with E-state index in [1.165, 1.54) is 12.3 Å². The van der Waals surface area contributed by atoms with Crippen molar-refractivity contribution in [2.24, 2.45) is 0 Å². The molecule has 0 aliphatic heterocycles. The third-order valence-electron chi connectivity index (χ3n) is 2.26. The molecule has 3 N–H and O–H groups in total. The van der Waals surface area contributed by atoms with Gasteiger partial charge in [-0.2, -0.15) is 0 Å². The van der Waals surface area contributed by atoms with Gasteiger partial charge in [0.05, 0.1) is 15.7 Å². The van der Waals surface area contributed by atoms with E-state index in [0.717, 1.165) is 4.47 Å². The van der Waals surface area contributed by atoms with Gasteiger partial charge in [-0.05, 0) is 24.3 Å². The summed E-state index contributed by atoms with van der Waals surface area (Å²) >= 11 is 15.3. The molecule has 0 atom stereocenters. The normalized spacial score (nSPS) is 10.3. The molecule has 0 unspecified atom stereocenters. The van der Waals surface area contributed by atoms with Gasteiger partial charge in [-0.15, -0.1) is 0 Å². The van der Waals surface area contributed by atoms with Crippen LogP contribution in [-0.2, 0) is 0 Å². The summed E-state index contributed by atoms with van der Waals surface area (Å²) in [6.07, 6.45) is 1.45. The molecule has 98 valence electrons. The predicted molar refractivity (Wildman–Crippen MR) is 80.8 cm³/mol. The molecule has 0 bridgehead atoms. The summed E-state index contributed by atoms with van der Waals surface area (Å²) in [7, 11) is 0. The van der Waals surface area contributed by atoms with Crippen molar-refractivity contribution in [1.82, 2.24) is 4.98 Å². The van der Waals surface area contributed by atoms with Crippen LogP contribution < -0.4 is 11.1 Å². The van der Waals surface area contributed by atoms with E-state index < -0.39 is 5.91 Å². The van der Waals surface area contributed by atoms with Crippen molar-refractivity contribution < 1.29 is 4.79 Å². The van der Waals surface area contributed by atoms with Crippen molar-refractivity contribution in [2.75, 3.05) is 11.1 Å². The van der Waals surface area contributed by atoms with Crippen LogP contribution in [0, 0.1) is 0 Å². The van der Waals surface area contributed by atoms with E-state index in [1.54, 1.807) is 18.2 Å². The number of amides is 1. The summed E-state index contributed by atoms with van der Waals surface area (Å²) < 4.78 is 0.725. The number of nitrogens with zero attached hydrogens (tertiary/aromatic N) is 1. The Labute approximate surface area is 128 Å². The third kappa shape index (κ3) is 3.37. The molecular weight excluding hydrogens is 353 g/mol. The molecule has 0 radical (unpaired) electrons. The number of carbonyl (C=O) groups is 1. The Kier molecular flexibility index (Phi) is 4.29. The second kappa shape index (κ2) is 5.77. The van der Waals surface area contributed by atoms with Gasteiger partial charge in [0.2, 0.25) is 0 Å². The molecule has 1 aromatic heterocycles. The van der Waals surface area contributed by atoms with Crippen molar-refractivity contribution in [3.05, 3.63) is 50.7 Å². The van der Waals surface area contributed by atoms with E-state index in [4.69, 9.17) is 28.9 Å². The highest BCUT2D eigenvalue weighted by atomic mass is 79.9. The van der Waals surface area contributed by atoms with Crippen LogP contribution in [-0.4, -0.2) is 10.9 Å². The lowest BCUT2D eigenvalue weighted by Crippen LogP contribution is -2.14. The summed E-state index contributed by atoms with van der Waals surface area (Å²) in [4.78, 5) is 15.9. The number of nitrogens with one attached hydrogen (secondary N) is 1. The van der Waals surface area contributed by atoms with E-state index in [1.807, 2.05) is 0 Å². The minimum absolute atomic E-state index is 0.190. The second-order valence-corrected chi connectivity index (χ2v) is 5.40. The Bertz CT molecular complexity index is 626. The smallest absolute Gasteiger partial charge is 0.274 e. The molecule has 0 spiro atoms. The molecule has 1 amide bonds. The Balaban J connectivity index is 2.29. The van der Waals surface area contributed by atoms with Gasteiger partial charge in [-0.25, -0.2) is 0 Å². The monoisotopic (exact) mass is 359 g/mol. The topological polar surface area (TPSA) is 68.0 Å². The Hall–Kier alpha value is -1.30. The molecule has 0 fully saturated rings. The highest BCUT2D eigenvalue weighted by Crippen LogP contribution is 2.34. The van der Waals surface area contributed by atoms with Crippen molar-refractivity contribution >= 4 is 56.4 Å². The first-order chi connectivity index (χ1) is 8.97. The quantitative estimate of drug-likeness (QED) is 0.850. The zero-order chi connectivity index (χ0) is 14.0. The molecule has 1 heterocycles. The van der Waals surface area contributed by atoms with Gasteiger partial charge in [-0.3, -0.25) is 9.78 Å². The number of nitrogen functional groups attached to an aromatic ring is 1. The number of nitrogens with two attached hydrogens (primary N) is 1. The SMILES string of the molecule is Nc1ccnc(C(=O)Nc2c(Cl)cc(Br)cc2Cl)c1. The van der Waals surface area contributed by atoms with Gasteiger partial charge in [0.25, 0.3) is 5.91 Å². The zero-order valence-electron chi connectivity index (χ0n) is 9.45. The number of rotatable bonds is 2. The van der Waals surface area contributed by atoms with Gasteiger partial charge in [0.15, 0.2) is 0 Å². The molecule has 4 nitrogen and oxygen atoms in total. The lowest BCUT2D eigenvalue weighted by molar-refractivity contribution is 0.102. The fourth-order valence-corrected chi connectivity index (χ4v) is 2.71. The minimum atomic E-state index is -0.432. The molecule has 7 heteroatoms. The summed E-state index contributed by atoms with van der Waals surface area (Å²) in [6, 6.07) is 6.33. The highest BCUT2D eigenvalue weighted by molar-refractivity contribution is 9.10. The molecule has 19 heavy (non-hydrogen) atoms. The Morgan fingerprint density at radius 2 is 1.89 bits per heavy atom. The predicted octanol–water partition coefficient (Wildman–Crippen LogP) is 3.99. The fraction of sp³-hybridized carbons (Fsp3) is 0. The van der Waals surface area contributed by atoms with Gasteiger partial charge in [0, 0.05) is 16.4 Å². The van der Waals surface area contributed by atoms with Gasteiger partial charge in [-0.1, -0.05) is 39.1 Å². The maximum Gasteiger partial charge on any atom is 0.274 e. The van der Waals surface area contributed by atoms with Crippen molar-refractivity contribution in [3.63, 3.8) is 0 Å². The van der Waals surface area contributed by atoms with Crippen molar-refractivity contribution in [1.29, 1.82) is 0 Å². The molecule has 0 saturated carbocycles. The number of hydrogen-bond donors (Lipinski definition) is 2. The maximum absolute atomic E-state index is 12.0. The Morgan fingerprint density at radius 3 is 2.47 bits per heavy atom. The molecule has 2 rings (SSSR count). The highest BCUT2D eigenvalue weighted by Gasteiger charge is 2.13. The van der Waals surface area contributed by atoms with E-state index >= 15 is 0 Å². The number of carbonyl (C=O) groups excluding carboxylic acids is 1. The van der Waals surface area contributed by atoms with Gasteiger partial charge < -0.3 is 11.1 Å². The fourth-order valence-electron chi connectivity index (χ4n) is 1.41. The molecule has 2 aromatic rings. The first kappa shape index (κ1) is 14.1. The number of pyridine rings is 1. The summed E-state index contributed by atoms with van der Waals surface area (Å²) in [5.74, 6) is -0.432. The summed E-state index contributed by atoms with van der Waals surface area (Å²) in [6.45, 7) is 0. The van der Waals surface area contributed by atoms with E-state index in [2.05, 4.69) is 26.2 Å². The summed E-state index contributed by atoms with van der Waals surface area (Å²) in [5, 5.41) is 3.27. The van der Waals surface area contributed by atoms with Crippen LogP contribution in [0.3, 0.4) is 0 Å². The van der Waals surface area contributed by atoms with E-state index in [9.17, 15) is 4.79 Å². The van der Waals surface area contributed by atoms with Crippen LogP contribution in [0.25, 0.3) is 0 Å². The molecule has 0 saturated heterocycles. The maximum atomic E-state index is 12.0. The second-order valence-electron chi connectivity index (χ2n) is 3.67. The van der Waals surface area contributed by atoms with Gasteiger partial charge in [0.1, 0.15) is 5.69 Å². The number of benzene rings is 1. The molecular formula is C12H8BrCl2N3O. The molecule has 0 aliphatic rings. The molecule has 0 aliphatic carbocycles. The summed E-state index contributed by atoms with van der Waals surface area (Å²) in [5.41, 5.74) is 6.57. The first-order valence-electron chi connectivity index (χ1n) is 5.15. The lowest BCUT2D eigenvalue weighted by Gasteiger charge is -2.09. The molecule has 1 aromatic carbocycles. The van der Waals surface area contributed by atoms with Crippen LogP contribution in [0.4, 0.5) is 11.4 Å². The van der Waals surface area contributed by atoms with Crippen LogP contribution in [0.2, 0.25) is 10.0 Å². The van der Waals surface area contributed by atoms with Crippen LogP contribution in [0.5, 0.6) is 0 Å². The Morgan fingerprint density at radius 1 is 1.26 bits per heavy atom. The van der Waals surface area contributed by atoms with Crippen LogP contribution in [0.15, 0.2) is 34.9 Å². The number of anilines is 2. The van der Waals surface area contributed by atoms with Crippen molar-refractivity contribution in [2.45, 2.75) is 0 Å². The van der Waals surface area contributed by atoms with Crippen molar-refractivity contribution in [3.8, 4) is 0 Å². The average Bonchev–Trinajstić information content (AvgIpc) is 2.33. The third-order valence-corrected chi connectivity index (χ3v) is 3.32. The van der Waals surface area contributed by atoms with E-state index in [0.29, 0.717) is 21.4 Å². The van der Waals surface area contributed by atoms with Crippen LogP contribution in [0.1, 0.15) is 10.5 Å². The number of halogens is 3.